The van der Waals surface area contributed by atoms with Crippen LogP contribution < -0.4 is 15.4 Å². The molecule has 3 aromatic carbocycles. The van der Waals surface area contributed by atoms with Crippen molar-refractivity contribution in [2.75, 3.05) is 37.4 Å². The largest absolute Gasteiger partial charge is 0.488 e. The molecule has 0 radical (unpaired) electrons. The molecule has 1 heterocycles. The van der Waals surface area contributed by atoms with Gasteiger partial charge in [0.2, 0.25) is 0 Å². The lowest BCUT2D eigenvalue weighted by atomic mass is 9.99. The fourth-order valence-electron chi connectivity index (χ4n) is 4.82. The highest BCUT2D eigenvalue weighted by atomic mass is 19.4. The first kappa shape index (κ1) is 30.9. The number of aliphatic hydroxyl groups is 1. The van der Waals surface area contributed by atoms with E-state index < -0.39 is 23.8 Å². The van der Waals surface area contributed by atoms with Crippen LogP contribution in [0.5, 0.6) is 5.75 Å². The second-order valence-corrected chi connectivity index (χ2v) is 10.7. The molecule has 1 aliphatic rings. The van der Waals surface area contributed by atoms with Crippen LogP contribution in [0.15, 0.2) is 72.8 Å². The van der Waals surface area contributed by atoms with E-state index in [2.05, 4.69) is 10.6 Å². The Morgan fingerprint density at radius 1 is 1.07 bits per heavy atom. The SMILES string of the molecule is C[C@H](CO)N1C[C@H](C)[C@@H](CN(C)Cc2ccc(C(F)(F)F)cc2)Oc2ccc(NC(=O)Nc3ccccc3)cc2C1=O. The van der Waals surface area contributed by atoms with Gasteiger partial charge in [-0.15, -0.1) is 0 Å². The molecule has 224 valence electrons. The number of aliphatic hydroxyl groups excluding tert-OH is 1. The van der Waals surface area contributed by atoms with Crippen molar-refractivity contribution in [1.29, 1.82) is 0 Å². The molecule has 3 aromatic rings. The van der Waals surface area contributed by atoms with E-state index in [9.17, 15) is 27.9 Å². The van der Waals surface area contributed by atoms with Gasteiger partial charge in [0.25, 0.3) is 5.91 Å². The zero-order chi connectivity index (χ0) is 30.4. The van der Waals surface area contributed by atoms with Crippen LogP contribution in [0.4, 0.5) is 29.3 Å². The number of amides is 3. The Morgan fingerprint density at radius 2 is 1.74 bits per heavy atom. The monoisotopic (exact) mass is 584 g/mol. The number of nitrogens with one attached hydrogen (secondary N) is 2. The van der Waals surface area contributed by atoms with Gasteiger partial charge in [-0.05, 0) is 62.0 Å². The Labute approximate surface area is 243 Å². The molecule has 0 fully saturated rings. The van der Waals surface area contributed by atoms with Gasteiger partial charge >= 0.3 is 12.2 Å². The van der Waals surface area contributed by atoms with Gasteiger partial charge in [-0.3, -0.25) is 9.69 Å². The number of hydrogen-bond donors (Lipinski definition) is 3. The minimum absolute atomic E-state index is 0.138. The standard InChI is InChI=1S/C31H35F3N4O4/c1-20-16-38(21(2)19-39)29(40)26-15-25(36-30(41)35-24-7-5-4-6-8-24)13-14-27(26)42-28(20)18-37(3)17-22-9-11-23(12-10-22)31(32,33)34/h4-15,20-21,28,39H,16-19H2,1-3H3,(H2,35,36,41)/t20-,21+,28+/m0/s1. The fourth-order valence-corrected chi connectivity index (χ4v) is 4.82. The van der Waals surface area contributed by atoms with Crippen LogP contribution >= 0.6 is 0 Å². The van der Waals surface area contributed by atoms with Crippen LogP contribution in [0.1, 0.15) is 35.3 Å². The summed E-state index contributed by atoms with van der Waals surface area (Å²) in [5.74, 6) is -0.133. The Kier molecular flexibility index (Phi) is 9.74. The van der Waals surface area contributed by atoms with Crippen molar-refractivity contribution in [3.05, 3.63) is 89.5 Å². The van der Waals surface area contributed by atoms with Crippen LogP contribution in [0.2, 0.25) is 0 Å². The highest BCUT2D eigenvalue weighted by Crippen LogP contribution is 2.32. The number of alkyl halides is 3. The Morgan fingerprint density at radius 3 is 2.38 bits per heavy atom. The maximum Gasteiger partial charge on any atom is 0.416 e. The summed E-state index contributed by atoms with van der Waals surface area (Å²) >= 11 is 0. The van der Waals surface area contributed by atoms with E-state index >= 15 is 0 Å². The van der Waals surface area contributed by atoms with E-state index in [4.69, 9.17) is 4.74 Å². The third-order valence-corrected chi connectivity index (χ3v) is 7.18. The lowest BCUT2D eigenvalue weighted by Crippen LogP contribution is -2.49. The predicted octanol–water partition coefficient (Wildman–Crippen LogP) is 5.70. The van der Waals surface area contributed by atoms with Gasteiger partial charge in [0.05, 0.1) is 23.8 Å². The van der Waals surface area contributed by atoms with E-state index in [0.29, 0.717) is 36.8 Å². The van der Waals surface area contributed by atoms with Crippen LogP contribution in [0, 0.1) is 5.92 Å². The molecular formula is C31H35F3N4O4. The summed E-state index contributed by atoms with van der Waals surface area (Å²) in [7, 11) is 1.85. The van der Waals surface area contributed by atoms with Crippen LogP contribution in [0.3, 0.4) is 0 Å². The van der Waals surface area contributed by atoms with E-state index in [0.717, 1.165) is 17.7 Å². The number of benzene rings is 3. The summed E-state index contributed by atoms with van der Waals surface area (Å²) in [6.45, 7) is 4.61. The van der Waals surface area contributed by atoms with Crippen molar-refractivity contribution >= 4 is 23.3 Å². The molecule has 0 bridgehead atoms. The van der Waals surface area contributed by atoms with Crippen molar-refractivity contribution in [2.24, 2.45) is 5.92 Å². The number of nitrogens with zero attached hydrogens (tertiary/aromatic N) is 2. The number of fused-ring (bicyclic) bond motifs is 1. The predicted molar refractivity (Wildman–Crippen MR) is 154 cm³/mol. The maximum atomic E-state index is 13.6. The van der Waals surface area contributed by atoms with Crippen molar-refractivity contribution < 1.29 is 32.6 Å². The van der Waals surface area contributed by atoms with Gasteiger partial charge in [0.15, 0.2) is 0 Å². The summed E-state index contributed by atoms with van der Waals surface area (Å²) in [5, 5.41) is 15.4. The lowest BCUT2D eigenvalue weighted by molar-refractivity contribution is -0.137. The number of para-hydroxylation sites is 1. The lowest BCUT2D eigenvalue weighted by Gasteiger charge is -2.38. The minimum Gasteiger partial charge on any atom is -0.488 e. The zero-order valence-electron chi connectivity index (χ0n) is 23.7. The second-order valence-electron chi connectivity index (χ2n) is 10.7. The van der Waals surface area contributed by atoms with E-state index in [1.165, 1.54) is 12.1 Å². The van der Waals surface area contributed by atoms with Gasteiger partial charge in [-0.2, -0.15) is 13.2 Å². The number of urea groups is 1. The van der Waals surface area contributed by atoms with Crippen molar-refractivity contribution in [3.63, 3.8) is 0 Å². The summed E-state index contributed by atoms with van der Waals surface area (Å²) < 4.78 is 45.2. The molecule has 0 saturated carbocycles. The van der Waals surface area contributed by atoms with Gasteiger partial charge in [-0.1, -0.05) is 37.3 Å². The Hall–Kier alpha value is -4.09. The molecule has 3 atom stereocenters. The second kappa shape index (κ2) is 13.3. The molecule has 0 aromatic heterocycles. The smallest absolute Gasteiger partial charge is 0.416 e. The molecule has 0 spiro atoms. The molecule has 42 heavy (non-hydrogen) atoms. The summed E-state index contributed by atoms with van der Waals surface area (Å²) in [4.78, 5) is 29.8. The van der Waals surface area contributed by atoms with Crippen LogP contribution in [-0.4, -0.2) is 65.7 Å². The molecular weight excluding hydrogens is 549 g/mol. The molecule has 0 saturated heterocycles. The minimum atomic E-state index is -4.39. The highest BCUT2D eigenvalue weighted by molar-refractivity contribution is 6.02. The first-order chi connectivity index (χ1) is 19.9. The number of carbonyl (C=O) groups is 2. The van der Waals surface area contributed by atoms with Gasteiger partial charge in [0.1, 0.15) is 11.9 Å². The number of halogens is 3. The van der Waals surface area contributed by atoms with Crippen molar-refractivity contribution in [2.45, 2.75) is 38.7 Å². The van der Waals surface area contributed by atoms with Crippen LogP contribution in [-0.2, 0) is 12.7 Å². The third kappa shape index (κ3) is 7.80. The number of likely N-dealkylation sites (N-methyl/N-ethyl adjacent to an activating group) is 1. The normalized spacial score (nSPS) is 18.0. The van der Waals surface area contributed by atoms with Crippen LogP contribution in [0.25, 0.3) is 0 Å². The first-order valence-electron chi connectivity index (χ1n) is 13.6. The van der Waals surface area contributed by atoms with Crippen molar-refractivity contribution in [3.8, 4) is 5.75 Å². The zero-order valence-corrected chi connectivity index (χ0v) is 23.7. The number of ether oxygens (including phenoxy) is 1. The average molecular weight is 585 g/mol. The van der Waals surface area contributed by atoms with E-state index in [1.807, 2.05) is 24.9 Å². The molecule has 3 N–H and O–H groups in total. The Balaban J connectivity index is 1.53. The van der Waals surface area contributed by atoms with Gasteiger partial charge in [0, 0.05) is 36.9 Å². The highest BCUT2D eigenvalue weighted by Gasteiger charge is 2.34. The van der Waals surface area contributed by atoms with E-state index in [1.54, 1.807) is 54.3 Å². The third-order valence-electron chi connectivity index (χ3n) is 7.18. The summed E-state index contributed by atoms with van der Waals surface area (Å²) in [5.41, 5.74) is 1.27. The summed E-state index contributed by atoms with van der Waals surface area (Å²) in [6, 6.07) is 17.9. The fraction of sp³-hybridized carbons (Fsp3) is 0.355. The number of carbonyl (C=O) groups excluding carboxylic acids is 2. The maximum absolute atomic E-state index is 13.6. The molecule has 0 aliphatic carbocycles. The summed E-state index contributed by atoms with van der Waals surface area (Å²) in [6.07, 6.45) is -4.78. The molecule has 1 aliphatic heterocycles. The number of anilines is 2. The topological polar surface area (TPSA) is 94.1 Å². The van der Waals surface area contributed by atoms with E-state index in [-0.39, 0.29) is 30.1 Å². The molecule has 11 heteroatoms. The number of hydrogen-bond acceptors (Lipinski definition) is 5. The average Bonchev–Trinajstić information content (AvgIpc) is 2.95. The Bertz CT molecular complexity index is 1370. The quantitative estimate of drug-likeness (QED) is 0.316. The molecule has 4 rings (SSSR count). The van der Waals surface area contributed by atoms with Gasteiger partial charge < -0.3 is 25.4 Å². The van der Waals surface area contributed by atoms with Crippen molar-refractivity contribution in [1.82, 2.24) is 9.80 Å². The molecule has 8 nitrogen and oxygen atoms in total. The number of rotatable bonds is 8. The molecule has 0 unspecified atom stereocenters. The molecule has 3 amide bonds. The first-order valence-corrected chi connectivity index (χ1v) is 13.6. The van der Waals surface area contributed by atoms with Gasteiger partial charge in [-0.25, -0.2) is 4.79 Å².